The van der Waals surface area contributed by atoms with Crippen molar-refractivity contribution >= 4 is 17.5 Å². The fraction of sp³-hybridized carbons (Fsp3) is 0.211. The van der Waals surface area contributed by atoms with E-state index in [-0.39, 0.29) is 5.82 Å². The number of nitrogens with zero attached hydrogens (tertiary/aromatic N) is 4. The van der Waals surface area contributed by atoms with Crippen LogP contribution in [-0.4, -0.2) is 41.3 Å². The summed E-state index contributed by atoms with van der Waals surface area (Å²) in [7, 11) is 0. The summed E-state index contributed by atoms with van der Waals surface area (Å²) in [6.07, 6.45) is 3.41. The van der Waals surface area contributed by atoms with E-state index in [1.165, 1.54) is 6.07 Å². The number of aromatic nitrogens is 3. The highest BCUT2D eigenvalue weighted by atomic mass is 19.1. The SMILES string of the molecule is Fc1ccccc1-c1cc(Nc2cccnc2)nc(N2CCOCC2)n1. The molecular weight excluding hydrogens is 333 g/mol. The molecule has 1 aliphatic heterocycles. The fourth-order valence-electron chi connectivity index (χ4n) is 2.79. The topological polar surface area (TPSA) is 63.2 Å². The van der Waals surface area contributed by atoms with Gasteiger partial charge in [0.25, 0.3) is 0 Å². The molecule has 0 atom stereocenters. The van der Waals surface area contributed by atoms with Crippen molar-refractivity contribution in [2.45, 2.75) is 0 Å². The van der Waals surface area contributed by atoms with Crippen molar-refractivity contribution < 1.29 is 9.13 Å². The van der Waals surface area contributed by atoms with Gasteiger partial charge in [-0.05, 0) is 24.3 Å². The first kappa shape index (κ1) is 16.4. The number of hydrogen-bond acceptors (Lipinski definition) is 6. The second kappa shape index (κ2) is 7.45. The number of morpholine rings is 1. The van der Waals surface area contributed by atoms with E-state index < -0.39 is 0 Å². The van der Waals surface area contributed by atoms with E-state index >= 15 is 0 Å². The smallest absolute Gasteiger partial charge is 0.228 e. The molecule has 0 saturated carbocycles. The number of rotatable bonds is 4. The van der Waals surface area contributed by atoms with Crippen LogP contribution in [0.2, 0.25) is 0 Å². The number of ether oxygens (including phenoxy) is 1. The van der Waals surface area contributed by atoms with Crippen molar-refractivity contribution in [2.24, 2.45) is 0 Å². The van der Waals surface area contributed by atoms with Crippen molar-refractivity contribution in [3.63, 3.8) is 0 Å². The molecule has 6 nitrogen and oxygen atoms in total. The summed E-state index contributed by atoms with van der Waals surface area (Å²) >= 11 is 0. The van der Waals surface area contributed by atoms with Gasteiger partial charge in [-0.3, -0.25) is 4.98 Å². The third kappa shape index (κ3) is 3.62. The van der Waals surface area contributed by atoms with Gasteiger partial charge in [-0.25, -0.2) is 9.37 Å². The number of nitrogens with one attached hydrogen (secondary N) is 1. The molecule has 1 N–H and O–H groups in total. The summed E-state index contributed by atoms with van der Waals surface area (Å²) in [4.78, 5) is 15.3. The number of halogens is 1. The van der Waals surface area contributed by atoms with Gasteiger partial charge in [0, 0.05) is 30.9 Å². The lowest BCUT2D eigenvalue weighted by Crippen LogP contribution is -2.37. The third-order valence-corrected chi connectivity index (χ3v) is 4.09. The minimum atomic E-state index is -0.313. The Morgan fingerprint density at radius 3 is 2.65 bits per heavy atom. The molecule has 0 radical (unpaired) electrons. The molecule has 1 aromatic carbocycles. The van der Waals surface area contributed by atoms with Crippen LogP contribution < -0.4 is 10.2 Å². The molecule has 3 heterocycles. The van der Waals surface area contributed by atoms with Crippen LogP contribution in [0.15, 0.2) is 54.9 Å². The van der Waals surface area contributed by atoms with Crippen molar-refractivity contribution in [3.05, 3.63) is 60.7 Å². The van der Waals surface area contributed by atoms with Crippen molar-refractivity contribution in [1.29, 1.82) is 0 Å². The van der Waals surface area contributed by atoms with Gasteiger partial charge in [0.05, 0.1) is 30.8 Å². The first-order valence-electron chi connectivity index (χ1n) is 8.43. The quantitative estimate of drug-likeness (QED) is 0.778. The van der Waals surface area contributed by atoms with Crippen molar-refractivity contribution in [1.82, 2.24) is 15.0 Å². The normalized spacial score (nSPS) is 14.3. The number of anilines is 3. The van der Waals surface area contributed by atoms with Crippen LogP contribution in [0.4, 0.5) is 21.8 Å². The predicted octanol–water partition coefficient (Wildman–Crippen LogP) is 3.26. The minimum Gasteiger partial charge on any atom is -0.378 e. The monoisotopic (exact) mass is 351 g/mol. The van der Waals surface area contributed by atoms with Gasteiger partial charge >= 0.3 is 0 Å². The highest BCUT2D eigenvalue weighted by molar-refractivity contribution is 5.67. The van der Waals surface area contributed by atoms with Crippen LogP contribution in [0, 0.1) is 5.82 Å². The highest BCUT2D eigenvalue weighted by Crippen LogP contribution is 2.26. The lowest BCUT2D eigenvalue weighted by atomic mass is 10.1. The van der Waals surface area contributed by atoms with Crippen LogP contribution in [-0.2, 0) is 4.74 Å². The maximum absolute atomic E-state index is 14.3. The molecule has 1 aliphatic rings. The lowest BCUT2D eigenvalue weighted by Gasteiger charge is -2.27. The molecule has 0 aliphatic carbocycles. The van der Waals surface area contributed by atoms with E-state index in [4.69, 9.17) is 4.74 Å². The van der Waals surface area contributed by atoms with Gasteiger partial charge < -0.3 is 15.0 Å². The van der Waals surface area contributed by atoms with Crippen LogP contribution in [0.25, 0.3) is 11.3 Å². The largest absolute Gasteiger partial charge is 0.378 e. The van der Waals surface area contributed by atoms with Gasteiger partial charge in [-0.2, -0.15) is 4.98 Å². The first-order valence-corrected chi connectivity index (χ1v) is 8.43. The number of benzene rings is 1. The fourth-order valence-corrected chi connectivity index (χ4v) is 2.79. The molecule has 0 spiro atoms. The average Bonchev–Trinajstić information content (AvgIpc) is 2.69. The van der Waals surface area contributed by atoms with Crippen LogP contribution in [0.3, 0.4) is 0 Å². The molecule has 3 aromatic rings. The molecule has 2 aromatic heterocycles. The van der Waals surface area contributed by atoms with Crippen molar-refractivity contribution in [2.75, 3.05) is 36.5 Å². The molecule has 7 heteroatoms. The molecule has 132 valence electrons. The Kier molecular flexibility index (Phi) is 4.70. The first-order chi connectivity index (χ1) is 12.8. The molecule has 26 heavy (non-hydrogen) atoms. The Balaban J connectivity index is 1.75. The van der Waals surface area contributed by atoms with Gasteiger partial charge in [0.15, 0.2) is 0 Å². The molecule has 1 fully saturated rings. The Morgan fingerprint density at radius 2 is 1.88 bits per heavy atom. The molecule has 1 saturated heterocycles. The van der Waals surface area contributed by atoms with Gasteiger partial charge in [0.1, 0.15) is 11.6 Å². The second-order valence-corrected chi connectivity index (χ2v) is 5.88. The molecule has 4 rings (SSSR count). The van der Waals surface area contributed by atoms with Crippen LogP contribution in [0.1, 0.15) is 0 Å². The maximum atomic E-state index is 14.3. The molecular formula is C19H18FN5O. The van der Waals surface area contributed by atoms with E-state index in [1.807, 2.05) is 17.0 Å². The lowest BCUT2D eigenvalue weighted by molar-refractivity contribution is 0.122. The Labute approximate surface area is 150 Å². The van der Waals surface area contributed by atoms with E-state index in [1.54, 1.807) is 36.7 Å². The summed E-state index contributed by atoms with van der Waals surface area (Å²) in [5.41, 5.74) is 1.78. The van der Waals surface area contributed by atoms with Gasteiger partial charge in [-0.15, -0.1) is 0 Å². The predicted molar refractivity (Wildman–Crippen MR) is 98.0 cm³/mol. The standard InChI is InChI=1S/C19H18FN5O/c20-16-6-2-1-5-15(16)17-12-18(22-14-4-3-7-21-13-14)24-19(23-17)25-8-10-26-11-9-25/h1-7,12-13H,8-11H2,(H,22,23,24). The summed E-state index contributed by atoms with van der Waals surface area (Å²) in [5, 5.41) is 3.22. The summed E-state index contributed by atoms with van der Waals surface area (Å²) in [5.74, 6) is 0.833. The zero-order chi connectivity index (χ0) is 17.8. The van der Waals surface area contributed by atoms with E-state index in [2.05, 4.69) is 20.3 Å². The highest BCUT2D eigenvalue weighted by Gasteiger charge is 2.17. The van der Waals surface area contributed by atoms with Gasteiger partial charge in [-0.1, -0.05) is 12.1 Å². The van der Waals surface area contributed by atoms with Crippen LogP contribution >= 0.6 is 0 Å². The van der Waals surface area contributed by atoms with E-state index in [0.29, 0.717) is 49.3 Å². The molecule has 0 bridgehead atoms. The summed E-state index contributed by atoms with van der Waals surface area (Å²) < 4.78 is 19.7. The molecule has 0 unspecified atom stereocenters. The van der Waals surface area contributed by atoms with Crippen molar-refractivity contribution in [3.8, 4) is 11.3 Å². The number of pyridine rings is 1. The Morgan fingerprint density at radius 1 is 1.04 bits per heavy atom. The zero-order valence-electron chi connectivity index (χ0n) is 14.1. The Bertz CT molecular complexity index is 884. The second-order valence-electron chi connectivity index (χ2n) is 5.88. The Hall–Kier alpha value is -3.06. The van der Waals surface area contributed by atoms with E-state index in [0.717, 1.165) is 5.69 Å². The molecule has 0 amide bonds. The van der Waals surface area contributed by atoms with Crippen LogP contribution in [0.5, 0.6) is 0 Å². The zero-order valence-corrected chi connectivity index (χ0v) is 14.1. The summed E-state index contributed by atoms with van der Waals surface area (Å²) in [6, 6.07) is 12.1. The average molecular weight is 351 g/mol. The summed E-state index contributed by atoms with van der Waals surface area (Å²) in [6.45, 7) is 2.65. The maximum Gasteiger partial charge on any atom is 0.228 e. The van der Waals surface area contributed by atoms with Gasteiger partial charge in [0.2, 0.25) is 5.95 Å². The van der Waals surface area contributed by atoms with E-state index in [9.17, 15) is 4.39 Å². The number of hydrogen-bond donors (Lipinski definition) is 1. The minimum absolute atomic E-state index is 0.313. The third-order valence-electron chi connectivity index (χ3n) is 4.09.